The Balaban J connectivity index is 1.76. The summed E-state index contributed by atoms with van der Waals surface area (Å²) in [5.74, 6) is 1.58. The third-order valence-corrected chi connectivity index (χ3v) is 3.84. The molecule has 0 fully saturated rings. The zero-order valence-electron chi connectivity index (χ0n) is 12.4. The van der Waals surface area contributed by atoms with Crippen LogP contribution in [0.15, 0.2) is 33.5 Å². The monoisotopic (exact) mass is 397 g/mol. The summed E-state index contributed by atoms with van der Waals surface area (Å²) < 4.78 is 13.5. The van der Waals surface area contributed by atoms with E-state index in [0.717, 1.165) is 11.0 Å². The van der Waals surface area contributed by atoms with E-state index in [2.05, 4.69) is 36.2 Å². The smallest absolute Gasteiger partial charge is 0.297 e. The van der Waals surface area contributed by atoms with Crippen molar-refractivity contribution in [2.45, 2.75) is 26.5 Å². The first-order chi connectivity index (χ1) is 11.1. The first-order valence-electron chi connectivity index (χ1n) is 6.92. The van der Waals surface area contributed by atoms with Gasteiger partial charge in [-0.25, -0.2) is 4.98 Å². The lowest BCUT2D eigenvalue weighted by molar-refractivity contribution is 0.211. The number of hydrogen-bond acceptors (Lipinski definition) is 6. The quantitative estimate of drug-likeness (QED) is 0.648. The molecule has 1 aromatic carbocycles. The molecule has 3 rings (SSSR count). The van der Waals surface area contributed by atoms with Gasteiger partial charge in [-0.3, -0.25) is 4.68 Å². The van der Waals surface area contributed by atoms with Crippen LogP contribution in [-0.4, -0.2) is 24.9 Å². The van der Waals surface area contributed by atoms with E-state index in [1.165, 1.54) is 0 Å². The van der Waals surface area contributed by atoms with Crippen molar-refractivity contribution in [1.29, 1.82) is 0 Å². The van der Waals surface area contributed by atoms with E-state index in [0.29, 0.717) is 22.4 Å². The normalized spacial score (nSPS) is 12.3. The molecule has 0 aliphatic heterocycles. The summed E-state index contributed by atoms with van der Waals surface area (Å²) in [6.07, 6.45) is 1.18. The van der Waals surface area contributed by atoms with Gasteiger partial charge in [0.05, 0.1) is 5.02 Å². The minimum absolute atomic E-state index is 0.254. The highest BCUT2D eigenvalue weighted by atomic mass is 79.9. The maximum Gasteiger partial charge on any atom is 0.297 e. The van der Waals surface area contributed by atoms with Crippen molar-refractivity contribution in [2.24, 2.45) is 0 Å². The highest BCUT2D eigenvalue weighted by Gasteiger charge is 2.19. The number of nitrogens with zero attached hydrogens (tertiary/aromatic N) is 5. The Morgan fingerprint density at radius 2 is 2.26 bits per heavy atom. The van der Waals surface area contributed by atoms with Gasteiger partial charge in [0.1, 0.15) is 12.1 Å². The fraction of sp³-hybridized carbons (Fsp3) is 0.286. The van der Waals surface area contributed by atoms with Gasteiger partial charge in [0.25, 0.3) is 5.89 Å². The molecule has 1 atom stereocenters. The van der Waals surface area contributed by atoms with E-state index in [4.69, 9.17) is 20.9 Å². The molecular weight excluding hydrogens is 386 g/mol. The molecule has 0 saturated carbocycles. The van der Waals surface area contributed by atoms with Crippen LogP contribution >= 0.6 is 27.5 Å². The van der Waals surface area contributed by atoms with E-state index in [-0.39, 0.29) is 5.89 Å². The molecule has 2 heterocycles. The number of halogens is 2. The van der Waals surface area contributed by atoms with Crippen LogP contribution in [0.25, 0.3) is 11.7 Å². The van der Waals surface area contributed by atoms with Crippen LogP contribution in [0, 0.1) is 0 Å². The van der Waals surface area contributed by atoms with Crippen LogP contribution in [0.4, 0.5) is 0 Å². The lowest BCUT2D eigenvalue weighted by Crippen LogP contribution is -2.05. The lowest BCUT2D eigenvalue weighted by Gasteiger charge is -2.12. The van der Waals surface area contributed by atoms with Crippen molar-refractivity contribution in [2.75, 3.05) is 0 Å². The van der Waals surface area contributed by atoms with Crippen molar-refractivity contribution in [3.05, 3.63) is 39.8 Å². The second-order valence-corrected chi connectivity index (χ2v) is 6.04. The second-order valence-electron chi connectivity index (χ2n) is 4.72. The molecule has 0 radical (unpaired) electrons. The molecule has 0 bridgehead atoms. The Bertz CT molecular complexity index is 819. The molecule has 0 aliphatic carbocycles. The molecule has 7 nitrogen and oxygen atoms in total. The molecule has 1 unspecified atom stereocenters. The first-order valence-corrected chi connectivity index (χ1v) is 8.09. The number of ether oxygens (including phenoxy) is 1. The van der Waals surface area contributed by atoms with Crippen molar-refractivity contribution in [1.82, 2.24) is 24.9 Å². The minimum Gasteiger partial charge on any atom is -0.481 e. The molecule has 0 spiro atoms. The van der Waals surface area contributed by atoms with Gasteiger partial charge in [-0.05, 0) is 32.0 Å². The van der Waals surface area contributed by atoms with Gasteiger partial charge in [0.2, 0.25) is 11.6 Å². The van der Waals surface area contributed by atoms with E-state index in [1.807, 2.05) is 19.9 Å². The molecular formula is C14H13BrClN5O2. The maximum absolute atomic E-state index is 6.14. The largest absolute Gasteiger partial charge is 0.481 e. The molecule has 0 N–H and O–H groups in total. The average molecular weight is 399 g/mol. The van der Waals surface area contributed by atoms with Crippen LogP contribution in [0.1, 0.15) is 25.8 Å². The molecule has 0 aliphatic rings. The summed E-state index contributed by atoms with van der Waals surface area (Å²) in [6, 6.07) is 5.37. The van der Waals surface area contributed by atoms with Crippen LogP contribution in [0.2, 0.25) is 5.02 Å². The van der Waals surface area contributed by atoms with Gasteiger partial charge in [0, 0.05) is 11.0 Å². The van der Waals surface area contributed by atoms with E-state index >= 15 is 0 Å². The van der Waals surface area contributed by atoms with Crippen molar-refractivity contribution >= 4 is 27.5 Å². The van der Waals surface area contributed by atoms with E-state index in [9.17, 15) is 0 Å². The standard InChI is InChI=1S/C14H13BrClN5O2/c1-3-21-7-17-13(19-21)14-18-12(20-23-14)8(2)22-11-5-4-9(15)6-10(11)16/h4-8H,3H2,1-2H3. The Kier molecular flexibility index (Phi) is 4.63. The van der Waals surface area contributed by atoms with Gasteiger partial charge < -0.3 is 9.26 Å². The summed E-state index contributed by atoms with van der Waals surface area (Å²) >= 11 is 9.49. The SMILES string of the molecule is CCn1cnc(-c2nc(C(C)Oc3ccc(Br)cc3Cl)no2)n1. The fourth-order valence-electron chi connectivity index (χ4n) is 1.85. The summed E-state index contributed by atoms with van der Waals surface area (Å²) in [5, 5.41) is 8.64. The third-order valence-electron chi connectivity index (χ3n) is 3.05. The number of aryl methyl sites for hydroxylation is 1. The van der Waals surface area contributed by atoms with Crippen molar-refractivity contribution < 1.29 is 9.26 Å². The van der Waals surface area contributed by atoms with Crippen LogP contribution in [0.3, 0.4) is 0 Å². The zero-order chi connectivity index (χ0) is 16.4. The highest BCUT2D eigenvalue weighted by molar-refractivity contribution is 9.10. The zero-order valence-corrected chi connectivity index (χ0v) is 14.7. The van der Waals surface area contributed by atoms with Gasteiger partial charge in [-0.2, -0.15) is 4.98 Å². The third kappa shape index (κ3) is 3.53. The van der Waals surface area contributed by atoms with Gasteiger partial charge in [-0.1, -0.05) is 32.7 Å². The molecule has 0 saturated heterocycles. The summed E-state index contributed by atoms with van der Waals surface area (Å²) in [4.78, 5) is 8.40. The number of rotatable bonds is 5. The van der Waals surface area contributed by atoms with Crippen LogP contribution in [0.5, 0.6) is 5.75 Å². The Hall–Kier alpha value is -1.93. The van der Waals surface area contributed by atoms with Gasteiger partial charge in [-0.15, -0.1) is 5.10 Å². The summed E-state index contributed by atoms with van der Waals surface area (Å²) in [6.45, 7) is 4.50. The van der Waals surface area contributed by atoms with Crippen molar-refractivity contribution in [3.63, 3.8) is 0 Å². The number of aromatic nitrogens is 5. The first kappa shape index (κ1) is 15.9. The molecule has 9 heteroatoms. The van der Waals surface area contributed by atoms with E-state index in [1.54, 1.807) is 23.1 Å². The van der Waals surface area contributed by atoms with E-state index < -0.39 is 6.10 Å². The summed E-state index contributed by atoms with van der Waals surface area (Å²) in [5.41, 5.74) is 0. The fourth-order valence-corrected chi connectivity index (χ4v) is 2.57. The van der Waals surface area contributed by atoms with Gasteiger partial charge in [0.15, 0.2) is 6.10 Å². The Labute approximate surface area is 145 Å². The molecule has 23 heavy (non-hydrogen) atoms. The number of benzene rings is 1. The Morgan fingerprint density at radius 1 is 1.43 bits per heavy atom. The number of hydrogen-bond donors (Lipinski definition) is 0. The van der Waals surface area contributed by atoms with Crippen LogP contribution in [-0.2, 0) is 6.54 Å². The molecule has 3 aromatic rings. The lowest BCUT2D eigenvalue weighted by atomic mass is 10.3. The summed E-state index contributed by atoms with van der Waals surface area (Å²) in [7, 11) is 0. The Morgan fingerprint density at radius 3 is 2.96 bits per heavy atom. The molecule has 120 valence electrons. The maximum atomic E-state index is 6.14. The van der Waals surface area contributed by atoms with Gasteiger partial charge >= 0.3 is 0 Å². The second kappa shape index (κ2) is 6.67. The predicted octanol–water partition coefficient (Wildman–Crippen LogP) is 3.90. The predicted molar refractivity (Wildman–Crippen MR) is 87.2 cm³/mol. The minimum atomic E-state index is -0.431. The average Bonchev–Trinajstić information content (AvgIpc) is 3.18. The van der Waals surface area contributed by atoms with Crippen LogP contribution < -0.4 is 4.74 Å². The molecule has 0 amide bonds. The van der Waals surface area contributed by atoms with Crippen molar-refractivity contribution in [3.8, 4) is 17.5 Å². The molecule has 2 aromatic heterocycles. The highest BCUT2D eigenvalue weighted by Crippen LogP contribution is 2.31. The topological polar surface area (TPSA) is 78.9 Å².